The van der Waals surface area contributed by atoms with E-state index in [2.05, 4.69) is 4.98 Å². The Kier molecular flexibility index (Phi) is 3.34. The van der Waals surface area contributed by atoms with E-state index in [1.807, 2.05) is 20.8 Å². The first kappa shape index (κ1) is 13.3. The molecule has 1 N–H and O–H groups in total. The van der Waals surface area contributed by atoms with Crippen LogP contribution in [0.4, 0.5) is 4.39 Å². The van der Waals surface area contributed by atoms with E-state index in [4.69, 9.17) is 23.8 Å². The van der Waals surface area contributed by atoms with E-state index >= 15 is 0 Å². The summed E-state index contributed by atoms with van der Waals surface area (Å²) in [4.78, 5) is 2.95. The van der Waals surface area contributed by atoms with Crippen molar-refractivity contribution in [3.05, 3.63) is 45.7 Å². The summed E-state index contributed by atoms with van der Waals surface area (Å²) in [5.41, 5.74) is 1.02. The second-order valence-corrected chi connectivity index (χ2v) is 5.93. The second-order valence-electron chi connectivity index (χ2n) is 5.13. The summed E-state index contributed by atoms with van der Waals surface area (Å²) in [6.45, 7) is 6.11. The van der Waals surface area contributed by atoms with E-state index in [9.17, 15) is 4.39 Å². The average Bonchev–Trinajstić information content (AvgIpc) is 2.60. The molecule has 0 atom stereocenters. The van der Waals surface area contributed by atoms with Crippen LogP contribution < -0.4 is 0 Å². The van der Waals surface area contributed by atoms with Crippen LogP contribution in [-0.4, -0.2) is 9.55 Å². The molecule has 96 valence electrons. The van der Waals surface area contributed by atoms with Gasteiger partial charge in [-0.2, -0.15) is 0 Å². The van der Waals surface area contributed by atoms with Crippen molar-refractivity contribution in [1.29, 1.82) is 0 Å². The first-order chi connectivity index (χ1) is 8.32. The minimum absolute atomic E-state index is 0.167. The number of para-hydroxylation sites is 1. The van der Waals surface area contributed by atoms with Gasteiger partial charge in [-0.25, -0.2) is 4.39 Å². The summed E-state index contributed by atoms with van der Waals surface area (Å²) >= 11 is 11.3. The summed E-state index contributed by atoms with van der Waals surface area (Å²) in [5, 5.41) is 0.344. The fourth-order valence-electron chi connectivity index (χ4n) is 1.85. The molecule has 0 aliphatic rings. The molecule has 2 rings (SSSR count). The minimum Gasteiger partial charge on any atom is -0.337 e. The predicted octanol–water partition coefficient (Wildman–Crippen LogP) is 4.62. The van der Waals surface area contributed by atoms with Crippen LogP contribution in [0.2, 0.25) is 5.02 Å². The Labute approximate surface area is 115 Å². The minimum atomic E-state index is -0.385. The summed E-state index contributed by atoms with van der Waals surface area (Å²) in [6, 6.07) is 4.61. The lowest BCUT2D eigenvalue weighted by Crippen LogP contribution is -2.17. The zero-order chi connectivity index (χ0) is 13.5. The number of aromatic amines is 1. The standard InChI is InChI=1S/C13H14ClFN2S/c1-13(2,3)10-7-16-12(18)17(10)11-8(14)5-4-6-9(11)15/h4-7H,1-3H3,(H,16,18). The number of hydrogen-bond donors (Lipinski definition) is 1. The molecule has 0 saturated carbocycles. The number of aromatic nitrogens is 2. The van der Waals surface area contributed by atoms with Crippen LogP contribution in [0.3, 0.4) is 0 Å². The van der Waals surface area contributed by atoms with Crippen molar-refractivity contribution < 1.29 is 4.39 Å². The molecule has 0 fully saturated rings. The van der Waals surface area contributed by atoms with E-state index in [0.29, 0.717) is 15.5 Å². The van der Waals surface area contributed by atoms with Gasteiger partial charge in [0.05, 0.1) is 5.02 Å². The molecule has 0 amide bonds. The summed E-state index contributed by atoms with van der Waals surface area (Å²) < 4.78 is 16.1. The van der Waals surface area contributed by atoms with Crippen LogP contribution in [0.15, 0.2) is 24.4 Å². The quantitative estimate of drug-likeness (QED) is 0.758. The molecule has 0 unspecified atom stereocenters. The van der Waals surface area contributed by atoms with Crippen molar-refractivity contribution in [2.45, 2.75) is 26.2 Å². The SMILES string of the molecule is CC(C)(C)c1c[nH]c(=S)n1-c1c(F)cccc1Cl. The Hall–Kier alpha value is -1.13. The molecule has 1 heterocycles. The lowest BCUT2D eigenvalue weighted by molar-refractivity contribution is 0.547. The number of hydrogen-bond acceptors (Lipinski definition) is 1. The van der Waals surface area contributed by atoms with Gasteiger partial charge in [-0.15, -0.1) is 0 Å². The van der Waals surface area contributed by atoms with Crippen molar-refractivity contribution >= 4 is 23.8 Å². The highest BCUT2D eigenvalue weighted by Gasteiger charge is 2.22. The largest absolute Gasteiger partial charge is 0.337 e. The highest BCUT2D eigenvalue weighted by Crippen LogP contribution is 2.30. The molecule has 1 aromatic carbocycles. The third-order valence-electron chi connectivity index (χ3n) is 2.71. The highest BCUT2D eigenvalue weighted by molar-refractivity contribution is 7.71. The lowest BCUT2D eigenvalue weighted by Gasteiger charge is -2.21. The normalized spacial score (nSPS) is 11.8. The van der Waals surface area contributed by atoms with Crippen molar-refractivity contribution in [3.8, 4) is 5.69 Å². The number of benzene rings is 1. The Balaban J connectivity index is 2.80. The van der Waals surface area contributed by atoms with Crippen LogP contribution >= 0.6 is 23.8 Å². The average molecular weight is 285 g/mol. The Morgan fingerprint density at radius 3 is 2.56 bits per heavy atom. The number of nitrogens with one attached hydrogen (secondary N) is 1. The molecular formula is C13H14ClFN2S. The lowest BCUT2D eigenvalue weighted by atomic mass is 9.92. The first-order valence-corrected chi connectivity index (χ1v) is 6.36. The second kappa shape index (κ2) is 4.52. The molecule has 0 radical (unpaired) electrons. The molecule has 18 heavy (non-hydrogen) atoms. The summed E-state index contributed by atoms with van der Waals surface area (Å²) in [7, 11) is 0. The fourth-order valence-corrected chi connectivity index (χ4v) is 2.34. The van der Waals surface area contributed by atoms with E-state index in [1.54, 1.807) is 22.9 Å². The van der Waals surface area contributed by atoms with Gasteiger partial charge in [0.15, 0.2) is 4.77 Å². The molecule has 2 nitrogen and oxygen atoms in total. The topological polar surface area (TPSA) is 20.7 Å². The Morgan fingerprint density at radius 2 is 2.00 bits per heavy atom. The number of rotatable bonds is 1. The van der Waals surface area contributed by atoms with Gasteiger partial charge in [0.25, 0.3) is 0 Å². The molecule has 2 aromatic rings. The van der Waals surface area contributed by atoms with Gasteiger partial charge in [0.2, 0.25) is 0 Å². The summed E-state index contributed by atoms with van der Waals surface area (Å²) in [5.74, 6) is -0.385. The predicted molar refractivity (Wildman–Crippen MR) is 74.6 cm³/mol. The van der Waals surface area contributed by atoms with Gasteiger partial charge < -0.3 is 4.98 Å². The maximum atomic E-state index is 14.0. The zero-order valence-corrected chi connectivity index (χ0v) is 12.0. The van der Waals surface area contributed by atoms with Gasteiger partial charge >= 0.3 is 0 Å². The van der Waals surface area contributed by atoms with Crippen molar-refractivity contribution in [3.63, 3.8) is 0 Å². The van der Waals surface area contributed by atoms with E-state index in [0.717, 1.165) is 5.69 Å². The monoisotopic (exact) mass is 284 g/mol. The molecule has 1 aromatic heterocycles. The highest BCUT2D eigenvalue weighted by atomic mass is 35.5. The van der Waals surface area contributed by atoms with Gasteiger partial charge in [-0.1, -0.05) is 38.4 Å². The smallest absolute Gasteiger partial charge is 0.182 e. The third-order valence-corrected chi connectivity index (χ3v) is 3.31. The number of halogens is 2. The molecule has 0 aliphatic carbocycles. The van der Waals surface area contributed by atoms with Crippen LogP contribution in [0.1, 0.15) is 26.5 Å². The van der Waals surface area contributed by atoms with Crippen LogP contribution in [-0.2, 0) is 5.41 Å². The molecule has 0 saturated heterocycles. The zero-order valence-electron chi connectivity index (χ0n) is 10.4. The molecule has 0 spiro atoms. The van der Waals surface area contributed by atoms with Crippen molar-refractivity contribution in [2.75, 3.05) is 0 Å². The third kappa shape index (κ3) is 2.22. The number of imidazole rings is 1. The Morgan fingerprint density at radius 1 is 1.33 bits per heavy atom. The van der Waals surface area contributed by atoms with E-state index in [1.165, 1.54) is 6.07 Å². The first-order valence-electron chi connectivity index (χ1n) is 5.57. The van der Waals surface area contributed by atoms with Crippen LogP contribution in [0.25, 0.3) is 5.69 Å². The fraction of sp³-hybridized carbons (Fsp3) is 0.308. The van der Waals surface area contributed by atoms with Gasteiger partial charge in [0.1, 0.15) is 11.5 Å². The van der Waals surface area contributed by atoms with Gasteiger partial charge in [0, 0.05) is 17.3 Å². The van der Waals surface area contributed by atoms with E-state index in [-0.39, 0.29) is 11.2 Å². The summed E-state index contributed by atoms with van der Waals surface area (Å²) in [6.07, 6.45) is 1.80. The Bertz CT molecular complexity index is 617. The maximum Gasteiger partial charge on any atom is 0.182 e. The van der Waals surface area contributed by atoms with Crippen LogP contribution in [0, 0.1) is 10.6 Å². The van der Waals surface area contributed by atoms with Crippen molar-refractivity contribution in [2.24, 2.45) is 0 Å². The van der Waals surface area contributed by atoms with Crippen LogP contribution in [0.5, 0.6) is 0 Å². The molecule has 5 heteroatoms. The molecule has 0 bridgehead atoms. The van der Waals surface area contributed by atoms with Gasteiger partial charge in [-0.3, -0.25) is 4.57 Å². The maximum absolute atomic E-state index is 14.0. The van der Waals surface area contributed by atoms with Crippen molar-refractivity contribution in [1.82, 2.24) is 9.55 Å². The van der Waals surface area contributed by atoms with Gasteiger partial charge in [-0.05, 0) is 24.4 Å². The molecular weight excluding hydrogens is 271 g/mol. The number of nitrogens with zero attached hydrogens (tertiary/aromatic N) is 1. The number of H-pyrrole nitrogens is 1. The van der Waals surface area contributed by atoms with E-state index < -0.39 is 0 Å². The molecule has 0 aliphatic heterocycles.